The van der Waals surface area contributed by atoms with Gasteiger partial charge >= 0.3 is 0 Å². The van der Waals surface area contributed by atoms with E-state index in [9.17, 15) is 0 Å². The fourth-order valence-corrected chi connectivity index (χ4v) is 2.80. The molecule has 0 saturated heterocycles. The number of fused-ring (bicyclic) bond motifs is 1. The number of hydrogen-bond donors (Lipinski definition) is 1. The first-order valence-electron chi connectivity index (χ1n) is 6.78. The molecule has 1 aromatic carbocycles. The Balaban J connectivity index is 2.05. The van der Waals surface area contributed by atoms with Gasteiger partial charge in [0.1, 0.15) is 5.75 Å². The second-order valence-corrected chi connectivity index (χ2v) is 5.06. The molecule has 0 bridgehead atoms. The Hall–Kier alpha value is -1.06. The van der Waals surface area contributed by atoms with E-state index in [1.807, 2.05) is 7.05 Å². The van der Waals surface area contributed by atoms with Crippen LogP contribution in [0.15, 0.2) is 18.2 Å². The number of nitrogens with one attached hydrogen (secondary N) is 1. The van der Waals surface area contributed by atoms with Gasteiger partial charge in [0.25, 0.3) is 0 Å². The van der Waals surface area contributed by atoms with E-state index < -0.39 is 0 Å². The van der Waals surface area contributed by atoms with Gasteiger partial charge < -0.3 is 10.1 Å². The van der Waals surface area contributed by atoms with Crippen molar-refractivity contribution in [2.45, 2.75) is 25.3 Å². The Labute approximate surface area is 110 Å². The maximum atomic E-state index is 5.34. The lowest BCUT2D eigenvalue weighted by Crippen LogP contribution is -2.26. The molecule has 1 aliphatic rings. The molecule has 1 unspecified atom stereocenters. The van der Waals surface area contributed by atoms with Crippen molar-refractivity contribution >= 4 is 0 Å². The van der Waals surface area contributed by atoms with Crippen LogP contribution in [0.4, 0.5) is 0 Å². The molecular weight excluding hydrogens is 224 g/mol. The van der Waals surface area contributed by atoms with E-state index in [1.165, 1.54) is 30.4 Å². The maximum Gasteiger partial charge on any atom is 0.119 e. The van der Waals surface area contributed by atoms with Gasteiger partial charge in [-0.1, -0.05) is 6.07 Å². The molecule has 0 heterocycles. The Morgan fingerprint density at radius 1 is 1.44 bits per heavy atom. The summed E-state index contributed by atoms with van der Waals surface area (Å²) in [7, 11) is 5.98. The highest BCUT2D eigenvalue weighted by atomic mass is 16.5. The van der Waals surface area contributed by atoms with E-state index in [0.29, 0.717) is 6.04 Å². The van der Waals surface area contributed by atoms with Crippen LogP contribution in [0.2, 0.25) is 0 Å². The Kier molecular flexibility index (Phi) is 4.61. The molecule has 2 rings (SSSR count). The Morgan fingerprint density at radius 3 is 3.00 bits per heavy atom. The van der Waals surface area contributed by atoms with Crippen LogP contribution in [0.5, 0.6) is 5.75 Å². The smallest absolute Gasteiger partial charge is 0.119 e. The molecule has 1 N–H and O–H groups in total. The van der Waals surface area contributed by atoms with E-state index in [-0.39, 0.29) is 0 Å². The summed E-state index contributed by atoms with van der Waals surface area (Å²) in [6.45, 7) is 2.23. The van der Waals surface area contributed by atoms with E-state index in [2.05, 4.69) is 35.5 Å². The van der Waals surface area contributed by atoms with Crippen molar-refractivity contribution in [2.75, 3.05) is 34.3 Å². The first-order chi connectivity index (χ1) is 8.76. The maximum absolute atomic E-state index is 5.34. The van der Waals surface area contributed by atoms with Gasteiger partial charge in [-0.05, 0) is 69.7 Å². The molecule has 3 nitrogen and oxygen atoms in total. The molecule has 18 heavy (non-hydrogen) atoms. The lowest BCUT2D eigenvalue weighted by atomic mass is 10.1. The van der Waals surface area contributed by atoms with Crippen LogP contribution >= 0.6 is 0 Å². The van der Waals surface area contributed by atoms with E-state index in [0.717, 1.165) is 18.8 Å². The summed E-state index contributed by atoms with van der Waals surface area (Å²) < 4.78 is 5.34. The predicted molar refractivity (Wildman–Crippen MR) is 75.2 cm³/mol. The third kappa shape index (κ3) is 2.85. The zero-order valence-corrected chi connectivity index (χ0v) is 11.7. The summed E-state index contributed by atoms with van der Waals surface area (Å²) >= 11 is 0. The van der Waals surface area contributed by atoms with Crippen LogP contribution in [-0.4, -0.2) is 39.2 Å². The van der Waals surface area contributed by atoms with Crippen LogP contribution in [0, 0.1) is 0 Å². The molecule has 0 amide bonds. The van der Waals surface area contributed by atoms with Gasteiger partial charge in [0.15, 0.2) is 0 Å². The lowest BCUT2D eigenvalue weighted by molar-refractivity contribution is 0.241. The van der Waals surface area contributed by atoms with Crippen LogP contribution in [-0.2, 0) is 6.42 Å². The fraction of sp³-hybridized carbons (Fsp3) is 0.600. The number of aryl methyl sites for hydroxylation is 1. The first-order valence-corrected chi connectivity index (χ1v) is 6.78. The average Bonchev–Trinajstić information content (AvgIpc) is 2.81. The van der Waals surface area contributed by atoms with Crippen molar-refractivity contribution in [1.82, 2.24) is 10.2 Å². The van der Waals surface area contributed by atoms with Gasteiger partial charge in [-0.2, -0.15) is 0 Å². The van der Waals surface area contributed by atoms with Crippen molar-refractivity contribution in [3.05, 3.63) is 29.3 Å². The van der Waals surface area contributed by atoms with Gasteiger partial charge in [-0.15, -0.1) is 0 Å². The number of ether oxygens (including phenoxy) is 1. The van der Waals surface area contributed by atoms with Crippen LogP contribution in [0.3, 0.4) is 0 Å². The number of hydrogen-bond acceptors (Lipinski definition) is 3. The van der Waals surface area contributed by atoms with Crippen molar-refractivity contribution in [3.63, 3.8) is 0 Å². The standard InChI is InChI=1S/C15H24N2O/c1-16-9-4-10-17(2)15-8-6-12-5-7-13(18-3)11-14(12)15/h5,7,11,15-16H,4,6,8-10H2,1-3H3. The molecule has 3 heteroatoms. The highest BCUT2D eigenvalue weighted by Crippen LogP contribution is 2.37. The summed E-state index contributed by atoms with van der Waals surface area (Å²) in [5, 5.41) is 3.20. The summed E-state index contributed by atoms with van der Waals surface area (Å²) in [5.41, 5.74) is 2.95. The normalized spacial score (nSPS) is 18.1. The zero-order valence-electron chi connectivity index (χ0n) is 11.7. The molecule has 0 aliphatic heterocycles. The molecule has 1 aliphatic carbocycles. The van der Waals surface area contributed by atoms with Gasteiger partial charge in [-0.25, -0.2) is 0 Å². The largest absolute Gasteiger partial charge is 0.497 e. The number of rotatable bonds is 6. The van der Waals surface area contributed by atoms with E-state index >= 15 is 0 Å². The van der Waals surface area contributed by atoms with Gasteiger partial charge in [0.05, 0.1) is 7.11 Å². The second kappa shape index (κ2) is 6.21. The molecule has 1 aromatic rings. The highest BCUT2D eigenvalue weighted by Gasteiger charge is 2.25. The summed E-state index contributed by atoms with van der Waals surface area (Å²) in [4.78, 5) is 2.47. The monoisotopic (exact) mass is 248 g/mol. The molecule has 100 valence electrons. The zero-order chi connectivity index (χ0) is 13.0. The minimum Gasteiger partial charge on any atom is -0.497 e. The predicted octanol–water partition coefficient (Wildman–Crippen LogP) is 2.22. The fourth-order valence-electron chi connectivity index (χ4n) is 2.80. The van der Waals surface area contributed by atoms with Gasteiger partial charge in [0.2, 0.25) is 0 Å². The quantitative estimate of drug-likeness (QED) is 0.781. The summed E-state index contributed by atoms with van der Waals surface area (Å²) in [6, 6.07) is 7.06. The molecule has 0 aromatic heterocycles. The van der Waals surface area contributed by atoms with Crippen LogP contribution in [0.25, 0.3) is 0 Å². The minimum atomic E-state index is 0.562. The van der Waals surface area contributed by atoms with Gasteiger partial charge in [0, 0.05) is 6.04 Å². The Bertz CT molecular complexity index is 392. The van der Waals surface area contributed by atoms with Crippen LogP contribution < -0.4 is 10.1 Å². The van der Waals surface area contributed by atoms with Crippen LogP contribution in [0.1, 0.15) is 30.0 Å². The molecule has 0 radical (unpaired) electrons. The second-order valence-electron chi connectivity index (χ2n) is 5.06. The SMILES string of the molecule is CNCCCN(C)C1CCc2ccc(OC)cc21. The summed E-state index contributed by atoms with van der Waals surface area (Å²) in [5.74, 6) is 0.976. The number of methoxy groups -OCH3 is 1. The first kappa shape index (κ1) is 13.4. The molecular formula is C15H24N2O. The van der Waals surface area contributed by atoms with E-state index in [4.69, 9.17) is 4.74 Å². The summed E-state index contributed by atoms with van der Waals surface area (Å²) in [6.07, 6.45) is 3.63. The molecule has 0 spiro atoms. The Morgan fingerprint density at radius 2 is 2.28 bits per heavy atom. The topological polar surface area (TPSA) is 24.5 Å². The lowest BCUT2D eigenvalue weighted by Gasteiger charge is -2.25. The average molecular weight is 248 g/mol. The molecule has 1 atom stereocenters. The number of benzene rings is 1. The minimum absolute atomic E-state index is 0.562. The third-order valence-electron chi connectivity index (χ3n) is 3.87. The van der Waals surface area contributed by atoms with Crippen molar-refractivity contribution in [2.24, 2.45) is 0 Å². The molecule has 0 fully saturated rings. The van der Waals surface area contributed by atoms with Crippen molar-refractivity contribution < 1.29 is 4.74 Å². The van der Waals surface area contributed by atoms with Crippen molar-refractivity contribution in [1.29, 1.82) is 0 Å². The van der Waals surface area contributed by atoms with Gasteiger partial charge in [-0.3, -0.25) is 4.90 Å². The highest BCUT2D eigenvalue weighted by molar-refractivity contribution is 5.40. The van der Waals surface area contributed by atoms with Crippen molar-refractivity contribution in [3.8, 4) is 5.75 Å². The third-order valence-corrected chi connectivity index (χ3v) is 3.87. The number of nitrogens with zero attached hydrogens (tertiary/aromatic N) is 1. The molecule has 0 saturated carbocycles. The van der Waals surface area contributed by atoms with E-state index in [1.54, 1.807) is 7.11 Å².